The normalized spacial score (nSPS) is 13.2. The lowest BCUT2D eigenvalue weighted by Gasteiger charge is -2.33. The van der Waals surface area contributed by atoms with Gasteiger partial charge in [-0.25, -0.2) is 0 Å². The van der Waals surface area contributed by atoms with Gasteiger partial charge in [0.25, 0.3) is 0 Å². The van der Waals surface area contributed by atoms with Crippen molar-refractivity contribution in [2.45, 2.75) is 5.41 Å². The Kier molecular flexibility index (Phi) is 7.14. The van der Waals surface area contributed by atoms with E-state index in [1.807, 2.05) is 6.07 Å². The molecule has 0 bridgehead atoms. The Morgan fingerprint density at radius 3 is 1.52 bits per heavy atom. The third-order valence-corrected chi connectivity index (χ3v) is 12.1. The van der Waals surface area contributed by atoms with Crippen LogP contribution in [-0.2, 0) is 5.41 Å². The van der Waals surface area contributed by atoms with Gasteiger partial charge < -0.3 is 14.4 Å². The lowest BCUT2D eigenvalue weighted by molar-refractivity contribution is 0.360. The molecule has 3 nitrogen and oxygen atoms in total. The number of para-hydroxylation sites is 2. The van der Waals surface area contributed by atoms with Crippen LogP contribution in [0.4, 0.5) is 17.1 Å². The first kappa shape index (κ1) is 32.6. The van der Waals surface area contributed by atoms with E-state index in [9.17, 15) is 0 Å². The van der Waals surface area contributed by atoms with Crippen LogP contribution in [0.1, 0.15) is 22.3 Å². The van der Waals surface area contributed by atoms with Gasteiger partial charge in [-0.1, -0.05) is 170 Å². The molecule has 0 saturated carbocycles. The van der Waals surface area contributed by atoms with Crippen molar-refractivity contribution in [1.29, 1.82) is 0 Å². The van der Waals surface area contributed by atoms with E-state index in [0.29, 0.717) is 23.0 Å². The number of benzene rings is 9. The van der Waals surface area contributed by atoms with Crippen LogP contribution in [0, 0.1) is 0 Å². The van der Waals surface area contributed by atoms with Gasteiger partial charge in [0.2, 0.25) is 0 Å². The second-order valence-electron chi connectivity index (χ2n) is 15.2. The molecule has 12 rings (SSSR count). The molecular formula is C55H35NO2. The van der Waals surface area contributed by atoms with Crippen molar-refractivity contribution in [2.24, 2.45) is 0 Å². The fraction of sp³-hybridized carbons (Fsp3) is 0.0182. The molecule has 0 unspecified atom stereocenters. The second-order valence-corrected chi connectivity index (χ2v) is 15.2. The topological polar surface area (TPSA) is 21.7 Å². The van der Waals surface area contributed by atoms with Gasteiger partial charge in [0.05, 0.1) is 16.8 Å². The first-order valence-corrected chi connectivity index (χ1v) is 19.8. The van der Waals surface area contributed by atoms with E-state index >= 15 is 0 Å². The molecule has 1 heterocycles. The van der Waals surface area contributed by atoms with E-state index in [1.165, 1.54) is 38.9 Å². The molecule has 3 aliphatic rings. The van der Waals surface area contributed by atoms with Gasteiger partial charge >= 0.3 is 0 Å². The number of ether oxygens (including phenoxy) is 2. The minimum Gasteiger partial charge on any atom is -0.449 e. The third kappa shape index (κ3) is 4.68. The van der Waals surface area contributed by atoms with Crippen LogP contribution in [0.25, 0.3) is 44.5 Å². The van der Waals surface area contributed by atoms with Gasteiger partial charge in [-0.2, -0.15) is 0 Å². The van der Waals surface area contributed by atoms with Crippen LogP contribution in [-0.4, -0.2) is 0 Å². The van der Waals surface area contributed by atoms with Gasteiger partial charge in [-0.05, 0) is 104 Å². The van der Waals surface area contributed by atoms with Gasteiger partial charge in [-0.15, -0.1) is 0 Å². The number of hydrogen-bond donors (Lipinski definition) is 0. The molecule has 2 aliphatic carbocycles. The Morgan fingerprint density at radius 1 is 0.310 bits per heavy atom. The number of nitrogens with zero attached hydrogens (tertiary/aromatic N) is 1. The molecule has 0 atom stereocenters. The number of anilines is 3. The molecule has 0 fully saturated rings. The van der Waals surface area contributed by atoms with Crippen LogP contribution < -0.4 is 14.4 Å². The zero-order valence-corrected chi connectivity index (χ0v) is 31.5. The summed E-state index contributed by atoms with van der Waals surface area (Å²) in [5, 5.41) is 0. The molecule has 1 aliphatic heterocycles. The summed E-state index contributed by atoms with van der Waals surface area (Å²) in [7, 11) is 0. The molecule has 9 aromatic carbocycles. The molecular weight excluding hydrogens is 707 g/mol. The molecule has 0 saturated heterocycles. The van der Waals surface area contributed by atoms with Crippen molar-refractivity contribution >= 4 is 17.1 Å². The van der Waals surface area contributed by atoms with E-state index < -0.39 is 5.41 Å². The minimum absolute atomic E-state index is 0.471. The number of fused-ring (bicyclic) bond motifs is 12. The first-order valence-electron chi connectivity index (χ1n) is 19.8. The minimum atomic E-state index is -0.471. The molecule has 0 radical (unpaired) electrons. The van der Waals surface area contributed by atoms with Crippen molar-refractivity contribution in [1.82, 2.24) is 0 Å². The predicted molar refractivity (Wildman–Crippen MR) is 235 cm³/mol. The van der Waals surface area contributed by atoms with Gasteiger partial charge in [0.15, 0.2) is 23.0 Å². The predicted octanol–water partition coefficient (Wildman–Crippen LogP) is 14.7. The maximum Gasteiger partial charge on any atom is 0.194 e. The van der Waals surface area contributed by atoms with E-state index in [4.69, 9.17) is 9.47 Å². The first-order chi connectivity index (χ1) is 28.8. The van der Waals surface area contributed by atoms with E-state index in [-0.39, 0.29) is 0 Å². The molecule has 0 amide bonds. The molecule has 0 N–H and O–H groups in total. The van der Waals surface area contributed by atoms with Crippen LogP contribution in [0.5, 0.6) is 23.0 Å². The monoisotopic (exact) mass is 741 g/mol. The van der Waals surface area contributed by atoms with Crippen molar-refractivity contribution in [3.05, 3.63) is 235 Å². The summed E-state index contributed by atoms with van der Waals surface area (Å²) in [6.07, 6.45) is 0. The summed E-state index contributed by atoms with van der Waals surface area (Å²) in [6, 6.07) is 75.7. The quantitative estimate of drug-likeness (QED) is 0.175. The Hall–Kier alpha value is -7.62. The van der Waals surface area contributed by atoms with E-state index in [1.54, 1.807) is 0 Å². The van der Waals surface area contributed by atoms with E-state index in [0.717, 1.165) is 44.9 Å². The van der Waals surface area contributed by atoms with Crippen LogP contribution in [0.15, 0.2) is 212 Å². The van der Waals surface area contributed by atoms with Crippen LogP contribution in [0.3, 0.4) is 0 Å². The molecule has 272 valence electrons. The Bertz CT molecular complexity index is 3030. The van der Waals surface area contributed by atoms with Gasteiger partial charge in [0.1, 0.15) is 0 Å². The summed E-state index contributed by atoms with van der Waals surface area (Å²) in [5.74, 6) is 2.74. The van der Waals surface area contributed by atoms with Crippen LogP contribution in [0.2, 0.25) is 0 Å². The molecule has 0 aromatic heterocycles. The zero-order valence-electron chi connectivity index (χ0n) is 31.5. The lowest BCUT2D eigenvalue weighted by Crippen LogP contribution is -2.25. The summed E-state index contributed by atoms with van der Waals surface area (Å²) in [4.78, 5) is 2.31. The van der Waals surface area contributed by atoms with Crippen LogP contribution >= 0.6 is 0 Å². The Balaban J connectivity index is 1.05. The average Bonchev–Trinajstić information content (AvgIpc) is 3.75. The van der Waals surface area contributed by atoms with Crippen molar-refractivity contribution < 1.29 is 9.47 Å². The van der Waals surface area contributed by atoms with Gasteiger partial charge in [-0.3, -0.25) is 0 Å². The Morgan fingerprint density at radius 2 is 0.828 bits per heavy atom. The van der Waals surface area contributed by atoms with Crippen molar-refractivity contribution in [2.75, 3.05) is 4.90 Å². The highest BCUT2D eigenvalue weighted by Crippen LogP contribution is 2.65. The zero-order chi connectivity index (χ0) is 38.2. The SMILES string of the molecule is c1ccc(-c2cccc(N(c3ccccc3-c3ccccc3)c3cccc4c3Oc3cc5c(cc3O4)C3(c4ccccc4-c4ccccc43)c3ccccc3-5)c2)cc1. The maximum absolute atomic E-state index is 7.16. The second kappa shape index (κ2) is 12.7. The summed E-state index contributed by atoms with van der Waals surface area (Å²) in [6.45, 7) is 0. The summed E-state index contributed by atoms with van der Waals surface area (Å²) in [5.41, 5.74) is 17.0. The highest BCUT2D eigenvalue weighted by molar-refractivity contribution is 5.97. The fourth-order valence-electron chi connectivity index (χ4n) is 9.74. The maximum atomic E-state index is 7.16. The highest BCUT2D eigenvalue weighted by Gasteiger charge is 2.52. The highest BCUT2D eigenvalue weighted by atomic mass is 16.6. The lowest BCUT2D eigenvalue weighted by atomic mass is 9.70. The van der Waals surface area contributed by atoms with Crippen molar-refractivity contribution in [3.8, 4) is 67.5 Å². The van der Waals surface area contributed by atoms with Crippen molar-refractivity contribution in [3.63, 3.8) is 0 Å². The molecule has 9 aromatic rings. The number of hydrogen-bond acceptors (Lipinski definition) is 3. The van der Waals surface area contributed by atoms with E-state index in [2.05, 4.69) is 211 Å². The fourth-order valence-corrected chi connectivity index (χ4v) is 9.74. The third-order valence-electron chi connectivity index (χ3n) is 12.1. The summed E-state index contributed by atoms with van der Waals surface area (Å²) < 4.78 is 14.2. The average molecular weight is 742 g/mol. The standard InChI is InChI=1S/C55H35NO2/c1-3-17-36(18-4-1)38-21-15-22-39(33-38)56(49-30-14-10-23-40(49)37-19-5-2-6-20-37)50-31-16-32-51-54(50)58-52-34-44-43-26-9-13-29-47(43)55(48(44)35-53(52)57-51)45-27-11-7-24-41(45)42-25-8-12-28-46(42)55/h1-35H. The molecule has 1 spiro atoms. The molecule has 58 heavy (non-hydrogen) atoms. The van der Waals surface area contributed by atoms with Gasteiger partial charge in [0, 0.05) is 11.3 Å². The molecule has 3 heteroatoms. The number of rotatable bonds is 5. The smallest absolute Gasteiger partial charge is 0.194 e. The Labute approximate surface area is 337 Å². The largest absolute Gasteiger partial charge is 0.449 e. The summed E-state index contributed by atoms with van der Waals surface area (Å²) >= 11 is 0.